The van der Waals surface area contributed by atoms with Crippen molar-refractivity contribution in [2.75, 3.05) is 6.61 Å². The van der Waals surface area contributed by atoms with Gasteiger partial charge in [-0.2, -0.15) is 21.6 Å². The molecule has 0 N–H and O–H groups in total. The first-order chi connectivity index (χ1) is 6.39. The Labute approximate surface area is 79.6 Å². The van der Waals surface area contributed by atoms with Gasteiger partial charge in [-0.3, -0.25) is 0 Å². The fourth-order valence-electron chi connectivity index (χ4n) is 0.450. The first kappa shape index (κ1) is 13.2. The second-order valence-corrected chi connectivity index (χ2v) is 3.42. The zero-order valence-electron chi connectivity index (χ0n) is 7.30. The molecule has 0 heterocycles. The molecule has 0 amide bonds. The smallest absolute Gasteiger partial charge is 0.326 e. The van der Waals surface area contributed by atoms with Crippen LogP contribution in [0.3, 0.4) is 0 Å². The standard InChI is InChI=1S/C6H9F3O4S/c1-2-3-4-12-14(10,11)13-6(9)5(7)8/h2-4H2,1H3. The Balaban J connectivity index is 4.16. The summed E-state index contributed by atoms with van der Waals surface area (Å²) in [4.78, 5) is 0. The average molecular weight is 234 g/mol. The highest BCUT2D eigenvalue weighted by molar-refractivity contribution is 7.82. The Hall–Kier alpha value is -0.760. The number of unbranched alkanes of at least 4 members (excludes halogenated alkanes) is 1. The normalized spacial score (nSPS) is 11.1. The maximum Gasteiger partial charge on any atom is 0.451 e. The Kier molecular flexibility index (Phi) is 5.55. The van der Waals surface area contributed by atoms with Gasteiger partial charge in [-0.1, -0.05) is 13.3 Å². The van der Waals surface area contributed by atoms with Gasteiger partial charge in [0, 0.05) is 0 Å². The van der Waals surface area contributed by atoms with Crippen LogP contribution in [-0.2, 0) is 18.8 Å². The first-order valence-corrected chi connectivity index (χ1v) is 5.02. The topological polar surface area (TPSA) is 52.6 Å². The van der Waals surface area contributed by atoms with E-state index in [1.54, 1.807) is 6.92 Å². The minimum atomic E-state index is -4.71. The summed E-state index contributed by atoms with van der Waals surface area (Å²) in [5.74, 6) is 0. The lowest BCUT2D eigenvalue weighted by Gasteiger charge is -2.03. The third kappa shape index (κ3) is 5.81. The Morgan fingerprint density at radius 1 is 1.29 bits per heavy atom. The van der Waals surface area contributed by atoms with Crippen LogP contribution in [0.15, 0.2) is 12.1 Å². The largest absolute Gasteiger partial charge is 0.451 e. The van der Waals surface area contributed by atoms with Gasteiger partial charge in [0.2, 0.25) is 0 Å². The molecule has 0 aromatic rings. The van der Waals surface area contributed by atoms with Gasteiger partial charge in [0.25, 0.3) is 0 Å². The van der Waals surface area contributed by atoms with Crippen molar-refractivity contribution in [3.8, 4) is 0 Å². The molecule has 0 saturated heterocycles. The second-order valence-electron chi connectivity index (χ2n) is 2.20. The summed E-state index contributed by atoms with van der Waals surface area (Å²) in [6, 6.07) is -2.47. The summed E-state index contributed by atoms with van der Waals surface area (Å²) in [5.41, 5.74) is 0. The summed E-state index contributed by atoms with van der Waals surface area (Å²) in [6.07, 6.45) is -1.81. The van der Waals surface area contributed by atoms with Gasteiger partial charge >= 0.3 is 22.5 Å². The van der Waals surface area contributed by atoms with Crippen LogP contribution in [0.2, 0.25) is 0 Å². The molecule has 0 bridgehead atoms. The van der Waals surface area contributed by atoms with Crippen molar-refractivity contribution < 1.29 is 30.0 Å². The fourth-order valence-corrected chi connectivity index (χ4v) is 1.06. The van der Waals surface area contributed by atoms with Crippen molar-refractivity contribution in [3.05, 3.63) is 12.1 Å². The molecule has 0 saturated carbocycles. The molecule has 0 radical (unpaired) electrons. The lowest BCUT2D eigenvalue weighted by molar-refractivity contribution is 0.191. The molecule has 0 rings (SSSR count). The van der Waals surface area contributed by atoms with Crippen LogP contribution < -0.4 is 0 Å². The minimum Gasteiger partial charge on any atom is -0.326 e. The van der Waals surface area contributed by atoms with E-state index in [2.05, 4.69) is 8.37 Å². The van der Waals surface area contributed by atoms with Crippen molar-refractivity contribution in [3.63, 3.8) is 0 Å². The highest BCUT2D eigenvalue weighted by Crippen LogP contribution is 2.14. The zero-order chi connectivity index (χ0) is 11.2. The van der Waals surface area contributed by atoms with Gasteiger partial charge in [0.15, 0.2) is 0 Å². The molecule has 84 valence electrons. The van der Waals surface area contributed by atoms with Gasteiger partial charge in [-0.15, -0.1) is 0 Å². The molecule has 0 aromatic carbocycles. The summed E-state index contributed by atoms with van der Waals surface area (Å²) in [5, 5.41) is 0. The molecule has 0 unspecified atom stereocenters. The molecule has 4 nitrogen and oxygen atoms in total. The van der Waals surface area contributed by atoms with E-state index in [0.717, 1.165) is 0 Å². The average Bonchev–Trinajstić information content (AvgIpc) is 2.03. The third-order valence-corrected chi connectivity index (χ3v) is 1.86. The highest BCUT2D eigenvalue weighted by Gasteiger charge is 2.19. The van der Waals surface area contributed by atoms with Crippen molar-refractivity contribution in [1.82, 2.24) is 0 Å². The Morgan fingerprint density at radius 2 is 1.86 bits per heavy atom. The fraction of sp³-hybridized carbons (Fsp3) is 0.667. The van der Waals surface area contributed by atoms with Gasteiger partial charge in [-0.25, -0.2) is 4.18 Å². The predicted octanol–water partition coefficient (Wildman–Crippen LogP) is 2.10. The molecule has 0 fully saturated rings. The van der Waals surface area contributed by atoms with Crippen molar-refractivity contribution in [2.24, 2.45) is 0 Å². The summed E-state index contributed by atoms with van der Waals surface area (Å²) >= 11 is 0. The van der Waals surface area contributed by atoms with Gasteiger partial charge in [-0.05, 0) is 6.42 Å². The number of halogens is 3. The minimum absolute atomic E-state index is 0.236. The SMILES string of the molecule is CCCCOS(=O)(=O)OC(F)=C(F)F. The molecular formula is C6H9F3O4S. The predicted molar refractivity (Wildman–Crippen MR) is 41.2 cm³/mol. The van der Waals surface area contributed by atoms with E-state index in [9.17, 15) is 21.6 Å². The van der Waals surface area contributed by atoms with Gasteiger partial charge in [0.05, 0.1) is 6.61 Å². The van der Waals surface area contributed by atoms with Crippen LogP contribution in [0, 0.1) is 0 Å². The summed E-state index contributed by atoms with van der Waals surface area (Å²) < 4.78 is 63.2. The van der Waals surface area contributed by atoms with E-state index >= 15 is 0 Å². The highest BCUT2D eigenvalue weighted by atomic mass is 32.3. The lowest BCUT2D eigenvalue weighted by Crippen LogP contribution is -2.10. The molecular weight excluding hydrogens is 225 g/mol. The van der Waals surface area contributed by atoms with Crippen LogP contribution in [0.4, 0.5) is 13.2 Å². The summed E-state index contributed by atoms with van der Waals surface area (Å²) in [7, 11) is -4.71. The van der Waals surface area contributed by atoms with E-state index < -0.39 is 22.5 Å². The van der Waals surface area contributed by atoms with E-state index in [1.165, 1.54) is 0 Å². The Morgan fingerprint density at radius 3 is 2.29 bits per heavy atom. The number of hydrogen-bond donors (Lipinski definition) is 0. The van der Waals surface area contributed by atoms with Gasteiger partial charge < -0.3 is 4.18 Å². The molecule has 0 aromatic heterocycles. The molecule has 8 heteroatoms. The van der Waals surface area contributed by atoms with Crippen LogP contribution in [0.1, 0.15) is 19.8 Å². The quantitative estimate of drug-likeness (QED) is 0.521. The zero-order valence-corrected chi connectivity index (χ0v) is 8.11. The molecule has 0 aliphatic rings. The molecule has 0 aliphatic carbocycles. The number of rotatable bonds is 6. The summed E-state index contributed by atoms with van der Waals surface area (Å²) in [6.45, 7) is 1.53. The maximum absolute atomic E-state index is 12.0. The third-order valence-electron chi connectivity index (χ3n) is 1.05. The van der Waals surface area contributed by atoms with Gasteiger partial charge in [0.1, 0.15) is 0 Å². The van der Waals surface area contributed by atoms with Crippen LogP contribution >= 0.6 is 0 Å². The molecule has 0 aliphatic heterocycles. The van der Waals surface area contributed by atoms with Crippen LogP contribution in [0.25, 0.3) is 0 Å². The molecule has 0 atom stereocenters. The first-order valence-electron chi connectivity index (χ1n) is 3.68. The van der Waals surface area contributed by atoms with E-state index in [4.69, 9.17) is 0 Å². The van der Waals surface area contributed by atoms with Crippen molar-refractivity contribution in [2.45, 2.75) is 19.8 Å². The Bertz CT molecular complexity index is 294. The monoisotopic (exact) mass is 234 g/mol. The van der Waals surface area contributed by atoms with E-state index in [-0.39, 0.29) is 6.61 Å². The van der Waals surface area contributed by atoms with E-state index in [0.29, 0.717) is 12.8 Å². The second kappa shape index (κ2) is 5.86. The van der Waals surface area contributed by atoms with Crippen LogP contribution in [-0.4, -0.2) is 15.0 Å². The van der Waals surface area contributed by atoms with Crippen LogP contribution in [0.5, 0.6) is 0 Å². The van der Waals surface area contributed by atoms with Crippen molar-refractivity contribution in [1.29, 1.82) is 0 Å². The lowest BCUT2D eigenvalue weighted by atomic mass is 10.4. The molecule has 0 spiro atoms. The molecule has 14 heavy (non-hydrogen) atoms. The maximum atomic E-state index is 12.0. The number of hydrogen-bond acceptors (Lipinski definition) is 4. The van der Waals surface area contributed by atoms with Crippen molar-refractivity contribution >= 4 is 10.4 Å². The van der Waals surface area contributed by atoms with E-state index in [1.807, 2.05) is 0 Å².